The highest BCUT2D eigenvalue weighted by molar-refractivity contribution is 5.79. The molecule has 0 saturated heterocycles. The molecule has 0 spiro atoms. The molecule has 94 valence electrons. The first-order chi connectivity index (χ1) is 7.41. The fourth-order valence-electron chi connectivity index (χ4n) is 1.63. The zero-order valence-electron chi connectivity index (χ0n) is 10.7. The summed E-state index contributed by atoms with van der Waals surface area (Å²) in [5.74, 6) is -0.254. The van der Waals surface area contributed by atoms with Gasteiger partial charge < -0.3 is 15.3 Å². The minimum absolute atomic E-state index is 0.411. The highest BCUT2D eigenvalue weighted by Crippen LogP contribution is 2.05. The van der Waals surface area contributed by atoms with Gasteiger partial charge in [-0.3, -0.25) is 0 Å². The SMILES string of the molecule is CC(C)CC(CN(C)C)NC/C=C/C(=O)O. The van der Waals surface area contributed by atoms with Gasteiger partial charge in [-0.25, -0.2) is 4.79 Å². The van der Waals surface area contributed by atoms with Gasteiger partial charge in [0.25, 0.3) is 0 Å². The topological polar surface area (TPSA) is 52.6 Å². The maximum absolute atomic E-state index is 10.3. The van der Waals surface area contributed by atoms with Crippen LogP contribution in [0.4, 0.5) is 0 Å². The fraction of sp³-hybridized carbons (Fsp3) is 0.750. The van der Waals surface area contributed by atoms with E-state index in [1.165, 1.54) is 6.08 Å². The van der Waals surface area contributed by atoms with Crippen molar-refractivity contribution >= 4 is 5.97 Å². The van der Waals surface area contributed by atoms with Crippen LogP contribution in [0.15, 0.2) is 12.2 Å². The van der Waals surface area contributed by atoms with Crippen LogP contribution in [0.2, 0.25) is 0 Å². The number of rotatable bonds is 8. The smallest absolute Gasteiger partial charge is 0.328 e. The zero-order chi connectivity index (χ0) is 12.6. The van der Waals surface area contributed by atoms with E-state index in [1.807, 2.05) is 14.1 Å². The molecule has 0 radical (unpaired) electrons. The van der Waals surface area contributed by atoms with Crippen LogP contribution in [-0.2, 0) is 4.79 Å². The van der Waals surface area contributed by atoms with Gasteiger partial charge in [-0.15, -0.1) is 0 Å². The number of aliphatic carboxylic acids is 1. The van der Waals surface area contributed by atoms with Crippen molar-refractivity contribution in [3.05, 3.63) is 12.2 Å². The zero-order valence-corrected chi connectivity index (χ0v) is 10.7. The molecule has 0 aromatic carbocycles. The standard InChI is InChI=1S/C12H24N2O2/c1-10(2)8-11(9-14(3)4)13-7-5-6-12(15)16/h5-6,10-11,13H,7-9H2,1-4H3,(H,15,16)/b6-5+. The summed E-state index contributed by atoms with van der Waals surface area (Å²) in [5.41, 5.74) is 0. The second kappa shape index (κ2) is 8.30. The molecule has 0 fully saturated rings. The first-order valence-electron chi connectivity index (χ1n) is 5.69. The summed E-state index contributed by atoms with van der Waals surface area (Å²) in [5, 5.41) is 11.8. The fourth-order valence-corrected chi connectivity index (χ4v) is 1.63. The van der Waals surface area contributed by atoms with Crippen molar-refractivity contribution in [2.45, 2.75) is 26.3 Å². The van der Waals surface area contributed by atoms with Gasteiger partial charge in [0, 0.05) is 25.2 Å². The van der Waals surface area contributed by atoms with E-state index in [2.05, 4.69) is 24.1 Å². The Labute approximate surface area is 98.3 Å². The number of carbonyl (C=O) groups is 1. The molecule has 0 bridgehead atoms. The van der Waals surface area contributed by atoms with Crippen molar-refractivity contribution in [3.8, 4) is 0 Å². The van der Waals surface area contributed by atoms with Gasteiger partial charge in [0.05, 0.1) is 0 Å². The van der Waals surface area contributed by atoms with Crippen molar-refractivity contribution in [1.82, 2.24) is 10.2 Å². The van der Waals surface area contributed by atoms with E-state index < -0.39 is 5.97 Å². The molecule has 0 aromatic heterocycles. The molecule has 0 aromatic rings. The average Bonchev–Trinajstić information content (AvgIpc) is 2.09. The van der Waals surface area contributed by atoms with Gasteiger partial charge in [-0.2, -0.15) is 0 Å². The second-order valence-corrected chi connectivity index (χ2v) is 4.74. The molecule has 4 heteroatoms. The van der Waals surface area contributed by atoms with Crippen LogP contribution in [0.3, 0.4) is 0 Å². The van der Waals surface area contributed by atoms with E-state index in [0.717, 1.165) is 13.0 Å². The second-order valence-electron chi connectivity index (χ2n) is 4.74. The Morgan fingerprint density at radius 1 is 1.44 bits per heavy atom. The third-order valence-electron chi connectivity index (χ3n) is 2.13. The van der Waals surface area contributed by atoms with Crippen LogP contribution in [0.25, 0.3) is 0 Å². The lowest BCUT2D eigenvalue weighted by molar-refractivity contribution is -0.131. The lowest BCUT2D eigenvalue weighted by atomic mass is 10.0. The molecule has 0 saturated carbocycles. The minimum atomic E-state index is -0.894. The van der Waals surface area contributed by atoms with Crippen molar-refractivity contribution in [1.29, 1.82) is 0 Å². The molecule has 0 aliphatic heterocycles. The minimum Gasteiger partial charge on any atom is -0.478 e. The summed E-state index contributed by atoms with van der Waals surface area (Å²) < 4.78 is 0. The monoisotopic (exact) mass is 228 g/mol. The number of nitrogens with zero attached hydrogens (tertiary/aromatic N) is 1. The van der Waals surface area contributed by atoms with E-state index in [1.54, 1.807) is 6.08 Å². The van der Waals surface area contributed by atoms with Crippen LogP contribution in [0, 0.1) is 5.92 Å². The van der Waals surface area contributed by atoms with Crippen LogP contribution in [0.1, 0.15) is 20.3 Å². The van der Waals surface area contributed by atoms with Gasteiger partial charge in [0.2, 0.25) is 0 Å². The summed E-state index contributed by atoms with van der Waals surface area (Å²) in [6.07, 6.45) is 3.92. The molecule has 1 unspecified atom stereocenters. The van der Waals surface area contributed by atoms with Crippen molar-refractivity contribution in [2.75, 3.05) is 27.2 Å². The number of hydrogen-bond donors (Lipinski definition) is 2. The molecular formula is C12H24N2O2. The summed E-state index contributed by atoms with van der Waals surface area (Å²) >= 11 is 0. The Bertz CT molecular complexity index is 215. The summed E-state index contributed by atoms with van der Waals surface area (Å²) in [4.78, 5) is 12.4. The molecule has 2 N–H and O–H groups in total. The van der Waals surface area contributed by atoms with Gasteiger partial charge in [0.1, 0.15) is 0 Å². The first kappa shape index (κ1) is 15.1. The number of carboxylic acids is 1. The molecule has 4 nitrogen and oxygen atoms in total. The van der Waals surface area contributed by atoms with Crippen LogP contribution < -0.4 is 5.32 Å². The normalized spacial score (nSPS) is 13.9. The Morgan fingerprint density at radius 3 is 2.50 bits per heavy atom. The van der Waals surface area contributed by atoms with Crippen molar-refractivity contribution in [2.24, 2.45) is 5.92 Å². The summed E-state index contributed by atoms with van der Waals surface area (Å²) in [7, 11) is 4.09. The molecule has 1 atom stereocenters. The highest BCUT2D eigenvalue weighted by Gasteiger charge is 2.10. The summed E-state index contributed by atoms with van der Waals surface area (Å²) in [6, 6.07) is 0.411. The maximum atomic E-state index is 10.3. The molecule has 0 heterocycles. The predicted octanol–water partition coefficient (Wildman–Crippen LogP) is 1.19. The summed E-state index contributed by atoms with van der Waals surface area (Å²) in [6.45, 7) is 5.96. The number of carboxylic acid groups (broad SMARTS) is 1. The molecule has 0 amide bonds. The maximum Gasteiger partial charge on any atom is 0.328 e. The number of nitrogens with one attached hydrogen (secondary N) is 1. The number of likely N-dealkylation sites (N-methyl/N-ethyl adjacent to an activating group) is 1. The molecule has 0 rings (SSSR count). The van der Waals surface area contributed by atoms with E-state index >= 15 is 0 Å². The Hall–Kier alpha value is -0.870. The predicted molar refractivity (Wildman–Crippen MR) is 66.6 cm³/mol. The van der Waals surface area contributed by atoms with Crippen LogP contribution in [-0.4, -0.2) is 49.2 Å². The van der Waals surface area contributed by atoms with Gasteiger partial charge in [-0.05, 0) is 26.4 Å². The van der Waals surface area contributed by atoms with E-state index in [-0.39, 0.29) is 0 Å². The van der Waals surface area contributed by atoms with Crippen LogP contribution >= 0.6 is 0 Å². The van der Waals surface area contributed by atoms with Gasteiger partial charge in [0.15, 0.2) is 0 Å². The Kier molecular flexibility index (Phi) is 7.85. The molecule has 0 aliphatic carbocycles. The third kappa shape index (κ3) is 9.68. The highest BCUT2D eigenvalue weighted by atomic mass is 16.4. The van der Waals surface area contributed by atoms with Gasteiger partial charge in [-0.1, -0.05) is 19.9 Å². The Balaban J connectivity index is 3.95. The van der Waals surface area contributed by atoms with E-state index in [4.69, 9.17) is 5.11 Å². The van der Waals surface area contributed by atoms with E-state index in [0.29, 0.717) is 18.5 Å². The van der Waals surface area contributed by atoms with E-state index in [9.17, 15) is 4.79 Å². The average molecular weight is 228 g/mol. The van der Waals surface area contributed by atoms with Crippen LogP contribution in [0.5, 0.6) is 0 Å². The third-order valence-corrected chi connectivity index (χ3v) is 2.13. The molecule has 0 aliphatic rings. The lowest BCUT2D eigenvalue weighted by Crippen LogP contribution is -2.39. The largest absolute Gasteiger partial charge is 0.478 e. The van der Waals surface area contributed by atoms with Gasteiger partial charge >= 0.3 is 5.97 Å². The Morgan fingerprint density at radius 2 is 2.06 bits per heavy atom. The van der Waals surface area contributed by atoms with Crippen molar-refractivity contribution < 1.29 is 9.90 Å². The lowest BCUT2D eigenvalue weighted by Gasteiger charge is -2.23. The number of hydrogen-bond acceptors (Lipinski definition) is 3. The molecule has 16 heavy (non-hydrogen) atoms. The molecular weight excluding hydrogens is 204 g/mol. The quantitative estimate of drug-likeness (QED) is 0.613. The van der Waals surface area contributed by atoms with Crippen molar-refractivity contribution in [3.63, 3.8) is 0 Å². The first-order valence-corrected chi connectivity index (χ1v) is 5.69.